The third-order valence-corrected chi connectivity index (χ3v) is 6.54. The Labute approximate surface area is 177 Å². The number of benzene rings is 2. The maximum atomic E-state index is 13.1. The molecule has 7 nitrogen and oxygen atoms in total. The van der Waals surface area contributed by atoms with Crippen LogP contribution in [0.4, 0.5) is 11.5 Å². The van der Waals surface area contributed by atoms with E-state index in [1.54, 1.807) is 39.0 Å². The highest BCUT2D eigenvalue weighted by atomic mass is 32.2. The molecule has 3 rings (SSSR count). The smallest absolute Gasteiger partial charge is 0.262 e. The van der Waals surface area contributed by atoms with Crippen molar-refractivity contribution >= 4 is 27.4 Å². The Morgan fingerprint density at radius 3 is 2.27 bits per heavy atom. The van der Waals surface area contributed by atoms with Crippen LogP contribution in [-0.4, -0.2) is 24.5 Å². The molecule has 0 saturated carbocycles. The van der Waals surface area contributed by atoms with E-state index in [0.29, 0.717) is 33.8 Å². The van der Waals surface area contributed by atoms with Crippen LogP contribution in [-0.2, 0) is 16.4 Å². The maximum absolute atomic E-state index is 13.1. The highest BCUT2D eigenvalue weighted by Crippen LogP contribution is 2.26. The Balaban J connectivity index is 1.89. The van der Waals surface area contributed by atoms with Gasteiger partial charge in [0, 0.05) is 17.3 Å². The number of hydrogen-bond donors (Lipinski definition) is 3. The van der Waals surface area contributed by atoms with Crippen molar-refractivity contribution in [3.05, 3.63) is 69.9 Å². The van der Waals surface area contributed by atoms with Gasteiger partial charge in [-0.25, -0.2) is 8.42 Å². The Kier molecular flexibility index (Phi) is 5.98. The quantitative estimate of drug-likeness (QED) is 0.548. The van der Waals surface area contributed by atoms with Gasteiger partial charge in [0.1, 0.15) is 0 Å². The zero-order valence-corrected chi connectivity index (χ0v) is 18.6. The number of nitrogens with zero attached hydrogens (tertiary/aromatic N) is 1. The predicted octanol–water partition coefficient (Wildman–Crippen LogP) is 4.26. The van der Waals surface area contributed by atoms with E-state index >= 15 is 0 Å². The first-order valence-corrected chi connectivity index (χ1v) is 11.2. The molecule has 30 heavy (non-hydrogen) atoms. The lowest BCUT2D eigenvalue weighted by Gasteiger charge is -2.16. The molecule has 0 bridgehead atoms. The Morgan fingerprint density at radius 2 is 1.67 bits per heavy atom. The molecule has 0 saturated heterocycles. The number of nitrogens with one attached hydrogen (secondary N) is 3. The van der Waals surface area contributed by atoms with Gasteiger partial charge in [-0.3, -0.25) is 14.6 Å². The van der Waals surface area contributed by atoms with E-state index in [-0.39, 0.29) is 10.8 Å². The van der Waals surface area contributed by atoms with Crippen LogP contribution in [0.15, 0.2) is 41.3 Å². The molecular weight excluding hydrogens is 400 g/mol. The molecule has 0 atom stereocenters. The van der Waals surface area contributed by atoms with Gasteiger partial charge in [-0.05, 0) is 62.9 Å². The van der Waals surface area contributed by atoms with Crippen molar-refractivity contribution in [1.29, 1.82) is 0 Å². The number of carbonyl (C=O) groups is 1. The molecule has 8 heteroatoms. The molecule has 0 radical (unpaired) electrons. The molecule has 3 aromatic rings. The van der Waals surface area contributed by atoms with Crippen LogP contribution in [0.25, 0.3) is 0 Å². The summed E-state index contributed by atoms with van der Waals surface area (Å²) in [5.41, 5.74) is 4.67. The fourth-order valence-corrected chi connectivity index (χ4v) is 5.03. The SMILES string of the molecule is CCc1cc(NC(=O)c2ccc(C)c(NS(=O)(=O)c3c(C)cc(C)cc3C)c2)n[nH]1. The summed E-state index contributed by atoms with van der Waals surface area (Å²) < 4.78 is 28.8. The summed E-state index contributed by atoms with van der Waals surface area (Å²) in [4.78, 5) is 12.9. The van der Waals surface area contributed by atoms with Crippen molar-refractivity contribution in [3.8, 4) is 0 Å². The molecule has 0 aliphatic carbocycles. The van der Waals surface area contributed by atoms with Crippen molar-refractivity contribution in [2.45, 2.75) is 45.9 Å². The minimum atomic E-state index is -3.81. The summed E-state index contributed by atoms with van der Waals surface area (Å²) in [5, 5.41) is 9.61. The first-order valence-electron chi connectivity index (χ1n) is 9.67. The third-order valence-electron chi connectivity index (χ3n) is 4.87. The van der Waals surface area contributed by atoms with Crippen LogP contribution in [0, 0.1) is 27.7 Å². The lowest BCUT2D eigenvalue weighted by molar-refractivity contribution is 0.102. The third kappa shape index (κ3) is 4.54. The highest BCUT2D eigenvalue weighted by molar-refractivity contribution is 7.92. The molecule has 1 heterocycles. The Bertz CT molecular complexity index is 1190. The van der Waals surface area contributed by atoms with E-state index in [1.807, 2.05) is 26.0 Å². The second-order valence-corrected chi connectivity index (χ2v) is 9.07. The van der Waals surface area contributed by atoms with Gasteiger partial charge in [-0.1, -0.05) is 30.7 Å². The van der Waals surface area contributed by atoms with Gasteiger partial charge in [0.25, 0.3) is 15.9 Å². The standard InChI is InChI=1S/C22H26N4O3S/c1-6-18-12-20(25-24-18)23-22(27)17-8-7-14(3)19(11-17)26-30(28,29)21-15(4)9-13(2)10-16(21)5/h7-12,26H,6H2,1-5H3,(H2,23,24,25,27). The average molecular weight is 427 g/mol. The number of sulfonamides is 1. The van der Waals surface area contributed by atoms with Gasteiger partial charge in [-0.2, -0.15) is 5.10 Å². The maximum Gasteiger partial charge on any atom is 0.262 e. The first-order chi connectivity index (χ1) is 14.1. The summed E-state index contributed by atoms with van der Waals surface area (Å²) >= 11 is 0. The van der Waals surface area contributed by atoms with E-state index in [4.69, 9.17) is 0 Å². The molecule has 2 aromatic carbocycles. The molecule has 158 valence electrons. The summed E-state index contributed by atoms with van der Waals surface area (Å²) in [7, 11) is -3.81. The first kappa shape index (κ1) is 21.6. The second-order valence-electron chi connectivity index (χ2n) is 7.45. The largest absolute Gasteiger partial charge is 0.305 e. The summed E-state index contributed by atoms with van der Waals surface area (Å²) in [6.07, 6.45) is 0.775. The van der Waals surface area contributed by atoms with Crippen LogP contribution in [0.3, 0.4) is 0 Å². The number of aromatic nitrogens is 2. The lowest BCUT2D eigenvalue weighted by Crippen LogP contribution is -2.18. The number of carbonyl (C=O) groups excluding carboxylic acids is 1. The molecule has 0 fully saturated rings. The van der Waals surface area contributed by atoms with Crippen LogP contribution in [0.1, 0.15) is 45.2 Å². The molecule has 1 aromatic heterocycles. The van der Waals surface area contributed by atoms with Crippen LogP contribution < -0.4 is 10.0 Å². The van der Waals surface area contributed by atoms with Crippen LogP contribution >= 0.6 is 0 Å². The average Bonchev–Trinajstić information content (AvgIpc) is 3.09. The molecule has 3 N–H and O–H groups in total. The highest BCUT2D eigenvalue weighted by Gasteiger charge is 2.21. The van der Waals surface area contributed by atoms with E-state index in [0.717, 1.165) is 17.7 Å². The van der Waals surface area contributed by atoms with Crippen LogP contribution in [0.5, 0.6) is 0 Å². The number of amides is 1. The van der Waals surface area contributed by atoms with Gasteiger partial charge >= 0.3 is 0 Å². The molecule has 0 aliphatic rings. The molecule has 1 amide bonds. The fourth-order valence-electron chi connectivity index (χ4n) is 3.45. The van der Waals surface area contributed by atoms with Gasteiger partial charge in [-0.15, -0.1) is 0 Å². The number of aromatic amines is 1. The second kappa shape index (κ2) is 8.31. The van der Waals surface area contributed by atoms with Gasteiger partial charge < -0.3 is 5.32 Å². The number of anilines is 2. The lowest BCUT2D eigenvalue weighted by atomic mass is 10.1. The van der Waals surface area contributed by atoms with E-state index in [2.05, 4.69) is 20.2 Å². The summed E-state index contributed by atoms with van der Waals surface area (Å²) in [6, 6.07) is 10.3. The topological polar surface area (TPSA) is 104 Å². The minimum Gasteiger partial charge on any atom is -0.305 e. The van der Waals surface area contributed by atoms with E-state index in [1.165, 1.54) is 6.07 Å². The predicted molar refractivity (Wildman–Crippen MR) is 119 cm³/mol. The van der Waals surface area contributed by atoms with Crippen LogP contribution in [0.2, 0.25) is 0 Å². The number of rotatable bonds is 6. The Hall–Kier alpha value is -3.13. The van der Waals surface area contributed by atoms with Crippen molar-refractivity contribution < 1.29 is 13.2 Å². The van der Waals surface area contributed by atoms with Crippen molar-refractivity contribution in [2.24, 2.45) is 0 Å². The summed E-state index contributed by atoms with van der Waals surface area (Å²) in [6.45, 7) is 9.25. The van der Waals surface area contributed by atoms with Crippen molar-refractivity contribution in [3.63, 3.8) is 0 Å². The minimum absolute atomic E-state index is 0.256. The zero-order valence-electron chi connectivity index (χ0n) is 17.8. The number of aryl methyl sites for hydroxylation is 5. The fraction of sp³-hybridized carbons (Fsp3) is 0.273. The molecule has 0 aliphatic heterocycles. The van der Waals surface area contributed by atoms with E-state index in [9.17, 15) is 13.2 Å². The number of hydrogen-bond acceptors (Lipinski definition) is 4. The monoisotopic (exact) mass is 426 g/mol. The zero-order chi connectivity index (χ0) is 22.1. The summed E-state index contributed by atoms with van der Waals surface area (Å²) in [5.74, 6) is 0.0535. The normalized spacial score (nSPS) is 11.4. The van der Waals surface area contributed by atoms with Gasteiger partial charge in [0.15, 0.2) is 5.82 Å². The van der Waals surface area contributed by atoms with Crippen molar-refractivity contribution in [1.82, 2.24) is 10.2 Å². The van der Waals surface area contributed by atoms with Gasteiger partial charge in [0.05, 0.1) is 10.6 Å². The van der Waals surface area contributed by atoms with E-state index < -0.39 is 10.0 Å². The van der Waals surface area contributed by atoms with Crippen molar-refractivity contribution in [2.75, 3.05) is 10.0 Å². The molecular formula is C22H26N4O3S. The molecule has 0 unspecified atom stereocenters. The Morgan fingerprint density at radius 1 is 1.00 bits per heavy atom. The van der Waals surface area contributed by atoms with Gasteiger partial charge in [0.2, 0.25) is 0 Å². The number of H-pyrrole nitrogens is 1. The molecule has 0 spiro atoms.